The summed E-state index contributed by atoms with van der Waals surface area (Å²) in [6.45, 7) is 7.48. The van der Waals surface area contributed by atoms with Gasteiger partial charge in [0.1, 0.15) is 18.1 Å². The topological polar surface area (TPSA) is 59.4 Å². The van der Waals surface area contributed by atoms with Gasteiger partial charge in [0.25, 0.3) is 5.91 Å². The molecule has 5 rings (SSSR count). The van der Waals surface area contributed by atoms with Crippen LogP contribution in [0.15, 0.2) is 46.9 Å². The summed E-state index contributed by atoms with van der Waals surface area (Å²) in [5, 5.41) is 8.23. The van der Waals surface area contributed by atoms with E-state index in [0.29, 0.717) is 18.1 Å². The van der Waals surface area contributed by atoms with Crippen LogP contribution in [-0.4, -0.2) is 32.7 Å². The van der Waals surface area contributed by atoms with Crippen molar-refractivity contribution in [2.24, 2.45) is 0 Å². The van der Waals surface area contributed by atoms with Gasteiger partial charge in [-0.2, -0.15) is 5.10 Å². The molecule has 0 bridgehead atoms. The molecule has 0 aliphatic carbocycles. The van der Waals surface area contributed by atoms with E-state index in [9.17, 15) is 4.79 Å². The molecule has 3 aromatic rings. The van der Waals surface area contributed by atoms with E-state index in [1.54, 1.807) is 0 Å². The summed E-state index contributed by atoms with van der Waals surface area (Å²) in [4.78, 5) is 15.2. The highest BCUT2D eigenvalue weighted by molar-refractivity contribution is 9.10. The van der Waals surface area contributed by atoms with Crippen molar-refractivity contribution >= 4 is 33.3 Å². The van der Waals surface area contributed by atoms with Crippen molar-refractivity contribution < 1.29 is 9.53 Å². The van der Waals surface area contributed by atoms with Gasteiger partial charge in [0, 0.05) is 17.3 Å². The second kappa shape index (κ2) is 8.28. The zero-order valence-corrected chi connectivity index (χ0v) is 20.1. The molecule has 0 unspecified atom stereocenters. The number of carbonyl (C=O) groups is 1. The highest BCUT2D eigenvalue weighted by Crippen LogP contribution is 2.39. The van der Waals surface area contributed by atoms with Crippen molar-refractivity contribution in [1.82, 2.24) is 14.7 Å². The van der Waals surface area contributed by atoms with Gasteiger partial charge in [0.15, 0.2) is 5.82 Å². The van der Waals surface area contributed by atoms with Crippen molar-refractivity contribution in [2.75, 3.05) is 5.32 Å². The number of fused-ring (bicyclic) bond motifs is 2. The molecular weight excluding hydrogens is 468 g/mol. The number of hydrogen-bond donors (Lipinski definition) is 1. The number of hydrogen-bond acceptors (Lipinski definition) is 4. The van der Waals surface area contributed by atoms with Crippen LogP contribution in [0.4, 0.5) is 11.5 Å². The van der Waals surface area contributed by atoms with E-state index in [1.165, 1.54) is 0 Å². The first-order chi connectivity index (χ1) is 15.4. The Morgan fingerprint density at radius 3 is 2.72 bits per heavy atom. The second-order valence-electron chi connectivity index (χ2n) is 8.77. The van der Waals surface area contributed by atoms with E-state index in [0.717, 1.165) is 52.0 Å². The molecular formula is C25H27BrN4O2. The Kier molecular flexibility index (Phi) is 5.45. The van der Waals surface area contributed by atoms with Crippen molar-refractivity contribution in [1.29, 1.82) is 0 Å². The van der Waals surface area contributed by atoms with Gasteiger partial charge in [-0.05, 0) is 66.7 Å². The molecule has 2 atom stereocenters. The van der Waals surface area contributed by atoms with E-state index in [1.807, 2.05) is 46.8 Å². The fraction of sp³-hybridized carbons (Fsp3) is 0.360. The molecule has 1 saturated heterocycles. The van der Waals surface area contributed by atoms with Crippen LogP contribution in [0.25, 0.3) is 0 Å². The number of aromatic nitrogens is 2. The van der Waals surface area contributed by atoms with Gasteiger partial charge in [0.05, 0.1) is 17.1 Å². The maximum atomic E-state index is 13.2. The molecule has 166 valence electrons. The minimum absolute atomic E-state index is 0.0621. The number of nitrogens with zero attached hydrogens (tertiary/aromatic N) is 3. The number of nitrogens with one attached hydrogen (secondary N) is 1. The van der Waals surface area contributed by atoms with Crippen molar-refractivity contribution in [3.63, 3.8) is 0 Å². The van der Waals surface area contributed by atoms with Gasteiger partial charge in [-0.3, -0.25) is 9.48 Å². The lowest BCUT2D eigenvalue weighted by Crippen LogP contribution is -2.47. The molecule has 6 nitrogen and oxygen atoms in total. The number of halogens is 1. The molecule has 7 heteroatoms. The lowest BCUT2D eigenvalue weighted by Gasteiger charge is -2.33. The number of aryl methyl sites for hydroxylation is 1. The van der Waals surface area contributed by atoms with E-state index >= 15 is 0 Å². The second-order valence-corrected chi connectivity index (χ2v) is 9.56. The monoisotopic (exact) mass is 494 g/mol. The predicted octanol–water partition coefficient (Wildman–Crippen LogP) is 5.59. The smallest absolute Gasteiger partial charge is 0.273 e. The molecule has 3 heterocycles. The van der Waals surface area contributed by atoms with Crippen LogP contribution < -0.4 is 10.1 Å². The number of benzene rings is 2. The van der Waals surface area contributed by atoms with Crippen LogP contribution in [0.1, 0.15) is 46.9 Å². The van der Waals surface area contributed by atoms with Crippen LogP contribution >= 0.6 is 15.9 Å². The summed E-state index contributed by atoms with van der Waals surface area (Å²) in [7, 11) is 0. The summed E-state index contributed by atoms with van der Waals surface area (Å²) in [5.41, 5.74) is 4.81. The lowest BCUT2D eigenvalue weighted by molar-refractivity contribution is 0.0594. The third-order valence-corrected chi connectivity index (χ3v) is 7.36. The standard InChI is InChI=1S/C25H27BrN4O2/c1-15-9-12-20(32-14-18-7-5-4-6-8-18)17(3)22(15)27-24-21(26)23-25(31)30-16(2)10-11-19(30)13-29(23)28-24/h4-9,12,16,19H,10-11,13-14H2,1-3H3,(H,27,28)/t16-,19-/m0/s1. The van der Waals surface area contributed by atoms with Gasteiger partial charge < -0.3 is 15.0 Å². The first-order valence-electron chi connectivity index (χ1n) is 11.1. The van der Waals surface area contributed by atoms with Crippen LogP contribution in [0, 0.1) is 13.8 Å². The van der Waals surface area contributed by atoms with E-state index in [-0.39, 0.29) is 18.0 Å². The van der Waals surface area contributed by atoms with E-state index in [2.05, 4.69) is 47.2 Å². The maximum Gasteiger partial charge on any atom is 0.273 e. The van der Waals surface area contributed by atoms with Gasteiger partial charge in [-0.1, -0.05) is 36.4 Å². The molecule has 1 N–H and O–H groups in total. The first kappa shape index (κ1) is 21.1. The van der Waals surface area contributed by atoms with Gasteiger partial charge >= 0.3 is 0 Å². The van der Waals surface area contributed by atoms with Crippen LogP contribution in [0.2, 0.25) is 0 Å². The number of ether oxygens (including phenoxy) is 1. The Labute approximate surface area is 196 Å². The zero-order chi connectivity index (χ0) is 22.4. The predicted molar refractivity (Wildman–Crippen MR) is 129 cm³/mol. The SMILES string of the molecule is Cc1ccc(OCc2ccccc2)c(C)c1Nc1nn2c(c1Br)C(=O)N1[C@@H](CC[C@@H]1C)C2. The quantitative estimate of drug-likeness (QED) is 0.501. The number of anilines is 2. The number of rotatable bonds is 5. The van der Waals surface area contributed by atoms with Gasteiger partial charge in [0.2, 0.25) is 0 Å². The zero-order valence-electron chi connectivity index (χ0n) is 18.6. The summed E-state index contributed by atoms with van der Waals surface area (Å²) >= 11 is 3.66. The Balaban J connectivity index is 1.42. The molecule has 1 aromatic heterocycles. The highest BCUT2D eigenvalue weighted by atomic mass is 79.9. The van der Waals surface area contributed by atoms with E-state index in [4.69, 9.17) is 9.84 Å². The van der Waals surface area contributed by atoms with Gasteiger partial charge in [-0.25, -0.2) is 0 Å². The third-order valence-electron chi connectivity index (χ3n) is 6.61. The average Bonchev–Trinajstić information content (AvgIpc) is 3.31. The minimum atomic E-state index is 0.0621. The minimum Gasteiger partial charge on any atom is -0.489 e. The van der Waals surface area contributed by atoms with Crippen LogP contribution in [0.5, 0.6) is 5.75 Å². The molecule has 0 saturated carbocycles. The Hall–Kier alpha value is -2.80. The molecule has 2 aliphatic rings. The number of carbonyl (C=O) groups excluding carboxylic acids is 1. The van der Waals surface area contributed by atoms with Crippen molar-refractivity contribution in [2.45, 2.75) is 58.8 Å². The fourth-order valence-corrected chi connectivity index (χ4v) is 5.38. The summed E-state index contributed by atoms with van der Waals surface area (Å²) < 4.78 is 8.68. The summed E-state index contributed by atoms with van der Waals surface area (Å²) in [6, 6.07) is 14.7. The van der Waals surface area contributed by atoms with Gasteiger partial charge in [-0.15, -0.1) is 0 Å². The highest BCUT2D eigenvalue weighted by Gasteiger charge is 2.42. The average molecular weight is 495 g/mol. The Bertz CT molecular complexity index is 1170. The molecule has 0 spiro atoms. The molecule has 2 aromatic carbocycles. The Morgan fingerprint density at radius 1 is 1.16 bits per heavy atom. The maximum absolute atomic E-state index is 13.2. The normalized spacial score (nSPS) is 19.6. The summed E-state index contributed by atoms with van der Waals surface area (Å²) in [6.07, 6.45) is 2.09. The van der Waals surface area contributed by atoms with Crippen molar-refractivity contribution in [3.8, 4) is 5.75 Å². The molecule has 1 amide bonds. The molecule has 2 aliphatic heterocycles. The fourth-order valence-electron chi connectivity index (χ4n) is 4.83. The first-order valence-corrected chi connectivity index (χ1v) is 11.9. The van der Waals surface area contributed by atoms with Crippen molar-refractivity contribution in [3.05, 3.63) is 69.3 Å². The number of amides is 1. The largest absolute Gasteiger partial charge is 0.489 e. The Morgan fingerprint density at radius 2 is 1.94 bits per heavy atom. The summed E-state index contributed by atoms with van der Waals surface area (Å²) in [5.74, 6) is 1.55. The molecule has 1 fully saturated rings. The molecule has 0 radical (unpaired) electrons. The molecule has 32 heavy (non-hydrogen) atoms. The van der Waals surface area contributed by atoms with E-state index < -0.39 is 0 Å². The third kappa shape index (κ3) is 3.58. The van der Waals surface area contributed by atoms with Crippen LogP contribution in [0.3, 0.4) is 0 Å². The lowest BCUT2D eigenvalue weighted by atomic mass is 10.1. The van der Waals surface area contributed by atoms with Crippen LogP contribution in [-0.2, 0) is 13.2 Å².